The van der Waals surface area contributed by atoms with E-state index in [1.165, 1.54) is 11.3 Å². The van der Waals surface area contributed by atoms with E-state index in [9.17, 15) is 9.59 Å². The van der Waals surface area contributed by atoms with Gasteiger partial charge in [0.25, 0.3) is 5.91 Å². The number of amides is 2. The van der Waals surface area contributed by atoms with Gasteiger partial charge in [-0.15, -0.1) is 11.3 Å². The van der Waals surface area contributed by atoms with Gasteiger partial charge in [0, 0.05) is 26.2 Å². The Hall–Kier alpha value is -3.16. The van der Waals surface area contributed by atoms with Crippen LogP contribution in [0.5, 0.6) is 11.5 Å². The van der Waals surface area contributed by atoms with Gasteiger partial charge in [-0.2, -0.15) is 0 Å². The molecule has 1 aliphatic heterocycles. The lowest BCUT2D eigenvalue weighted by atomic mass is 10.2. The van der Waals surface area contributed by atoms with Crippen LogP contribution < -0.4 is 10.1 Å². The minimum Gasteiger partial charge on any atom is -0.455 e. The van der Waals surface area contributed by atoms with Gasteiger partial charge in [0.1, 0.15) is 5.75 Å². The highest BCUT2D eigenvalue weighted by Gasteiger charge is 2.24. The second-order valence-electron chi connectivity index (χ2n) is 7.01. The van der Waals surface area contributed by atoms with Gasteiger partial charge >= 0.3 is 0 Å². The number of para-hydroxylation sites is 3. The molecule has 0 bridgehead atoms. The molecule has 0 spiro atoms. The number of rotatable bonds is 6. The molecular weight excluding hydrogens is 398 g/mol. The van der Waals surface area contributed by atoms with Crippen LogP contribution >= 0.6 is 11.3 Å². The molecule has 0 saturated carbocycles. The van der Waals surface area contributed by atoms with Crippen molar-refractivity contribution in [3.63, 3.8) is 0 Å². The summed E-state index contributed by atoms with van der Waals surface area (Å²) in [6.07, 6.45) is 0. The Morgan fingerprint density at radius 1 is 0.900 bits per heavy atom. The van der Waals surface area contributed by atoms with Crippen molar-refractivity contribution in [3.8, 4) is 11.5 Å². The third-order valence-corrected chi connectivity index (χ3v) is 5.75. The van der Waals surface area contributed by atoms with Crippen LogP contribution in [0.1, 0.15) is 9.67 Å². The first kappa shape index (κ1) is 20.1. The van der Waals surface area contributed by atoms with E-state index in [0.29, 0.717) is 43.4 Å². The molecule has 0 aliphatic carbocycles. The van der Waals surface area contributed by atoms with Crippen LogP contribution in [0, 0.1) is 0 Å². The van der Waals surface area contributed by atoms with Crippen molar-refractivity contribution in [1.29, 1.82) is 0 Å². The normalized spacial score (nSPS) is 14.3. The van der Waals surface area contributed by atoms with Gasteiger partial charge < -0.3 is 15.0 Å². The SMILES string of the molecule is O=C(CN1CCN(C(=O)c2cccs2)CC1)Nc1ccccc1Oc1ccccc1. The van der Waals surface area contributed by atoms with Gasteiger partial charge in [0.2, 0.25) is 5.91 Å². The average molecular weight is 422 g/mol. The summed E-state index contributed by atoms with van der Waals surface area (Å²) in [6, 6.07) is 20.6. The van der Waals surface area contributed by atoms with Crippen LogP contribution in [-0.2, 0) is 4.79 Å². The molecule has 0 atom stereocenters. The average Bonchev–Trinajstić information content (AvgIpc) is 3.31. The Labute approximate surface area is 179 Å². The van der Waals surface area contributed by atoms with Crippen LogP contribution in [0.4, 0.5) is 5.69 Å². The molecule has 2 amide bonds. The third-order valence-electron chi connectivity index (χ3n) is 4.89. The molecule has 3 aromatic rings. The van der Waals surface area contributed by atoms with E-state index in [-0.39, 0.29) is 18.4 Å². The maximum Gasteiger partial charge on any atom is 0.264 e. The van der Waals surface area contributed by atoms with E-state index >= 15 is 0 Å². The number of carbonyl (C=O) groups excluding carboxylic acids is 2. The molecule has 7 heteroatoms. The summed E-state index contributed by atoms with van der Waals surface area (Å²) in [5.41, 5.74) is 0.637. The first-order valence-electron chi connectivity index (χ1n) is 9.86. The number of nitrogens with one attached hydrogen (secondary N) is 1. The lowest BCUT2D eigenvalue weighted by molar-refractivity contribution is -0.117. The lowest BCUT2D eigenvalue weighted by Gasteiger charge is -2.34. The second-order valence-corrected chi connectivity index (χ2v) is 7.95. The van der Waals surface area contributed by atoms with Crippen LogP contribution in [0.3, 0.4) is 0 Å². The van der Waals surface area contributed by atoms with Gasteiger partial charge in [-0.05, 0) is 35.7 Å². The Morgan fingerprint density at radius 3 is 2.37 bits per heavy atom. The van der Waals surface area contributed by atoms with E-state index in [2.05, 4.69) is 10.2 Å². The van der Waals surface area contributed by atoms with Gasteiger partial charge in [0.05, 0.1) is 17.1 Å². The first-order valence-corrected chi connectivity index (χ1v) is 10.7. The highest BCUT2D eigenvalue weighted by molar-refractivity contribution is 7.12. The maximum atomic E-state index is 12.6. The van der Waals surface area contributed by atoms with Gasteiger partial charge in [-0.1, -0.05) is 36.4 Å². The standard InChI is InChI=1S/C23H23N3O3S/c27-22(17-25-12-14-26(15-13-25)23(28)21-11-6-16-30-21)24-19-9-4-5-10-20(19)29-18-7-2-1-3-8-18/h1-11,16H,12-15,17H2,(H,24,27). The Balaban J connectivity index is 1.30. The van der Waals surface area contributed by atoms with E-state index in [0.717, 1.165) is 4.88 Å². The molecule has 0 radical (unpaired) electrons. The fourth-order valence-electron chi connectivity index (χ4n) is 3.33. The number of piperazine rings is 1. The van der Waals surface area contributed by atoms with Crippen molar-refractivity contribution in [1.82, 2.24) is 9.80 Å². The van der Waals surface area contributed by atoms with Crippen LogP contribution in [-0.4, -0.2) is 54.3 Å². The molecule has 1 fully saturated rings. The van der Waals surface area contributed by atoms with Crippen molar-refractivity contribution in [3.05, 3.63) is 77.0 Å². The molecule has 1 N–H and O–H groups in total. The minimum atomic E-state index is -0.0999. The van der Waals surface area contributed by atoms with Crippen LogP contribution in [0.25, 0.3) is 0 Å². The number of ether oxygens (including phenoxy) is 1. The fraction of sp³-hybridized carbons (Fsp3) is 0.217. The van der Waals surface area contributed by atoms with Gasteiger partial charge in [0.15, 0.2) is 5.75 Å². The zero-order valence-corrected chi connectivity index (χ0v) is 17.3. The number of thiophene rings is 1. The summed E-state index contributed by atoms with van der Waals surface area (Å²) in [6.45, 7) is 2.87. The Morgan fingerprint density at radius 2 is 1.63 bits per heavy atom. The Bertz CT molecular complexity index is 984. The number of hydrogen-bond donors (Lipinski definition) is 1. The van der Waals surface area contributed by atoms with Crippen molar-refractivity contribution in [2.75, 3.05) is 38.0 Å². The fourth-order valence-corrected chi connectivity index (χ4v) is 4.02. The van der Waals surface area contributed by atoms with Gasteiger partial charge in [-0.3, -0.25) is 14.5 Å². The van der Waals surface area contributed by atoms with E-state index in [1.54, 1.807) is 0 Å². The minimum absolute atomic E-state index is 0.0705. The van der Waals surface area contributed by atoms with E-state index in [1.807, 2.05) is 77.0 Å². The highest BCUT2D eigenvalue weighted by atomic mass is 32.1. The molecular formula is C23H23N3O3S. The zero-order valence-electron chi connectivity index (χ0n) is 16.5. The first-order chi connectivity index (χ1) is 14.7. The maximum absolute atomic E-state index is 12.6. The second kappa shape index (κ2) is 9.56. The summed E-state index contributed by atoms with van der Waals surface area (Å²) in [5.74, 6) is 1.28. The highest BCUT2D eigenvalue weighted by Crippen LogP contribution is 2.29. The van der Waals surface area contributed by atoms with E-state index < -0.39 is 0 Å². The molecule has 6 nitrogen and oxygen atoms in total. The summed E-state index contributed by atoms with van der Waals surface area (Å²) in [4.78, 5) is 29.7. The molecule has 1 saturated heterocycles. The topological polar surface area (TPSA) is 61.9 Å². The molecule has 4 rings (SSSR count). The predicted molar refractivity (Wildman–Crippen MR) is 118 cm³/mol. The number of carbonyl (C=O) groups is 2. The summed E-state index contributed by atoms with van der Waals surface area (Å²) < 4.78 is 5.90. The van der Waals surface area contributed by atoms with Crippen molar-refractivity contribution >= 4 is 28.8 Å². The summed E-state index contributed by atoms with van der Waals surface area (Å²) >= 11 is 1.46. The smallest absolute Gasteiger partial charge is 0.264 e. The molecule has 154 valence electrons. The van der Waals surface area contributed by atoms with Gasteiger partial charge in [-0.25, -0.2) is 0 Å². The van der Waals surface area contributed by atoms with Crippen molar-refractivity contribution in [2.45, 2.75) is 0 Å². The zero-order chi connectivity index (χ0) is 20.8. The number of benzene rings is 2. The van der Waals surface area contributed by atoms with Crippen LogP contribution in [0.15, 0.2) is 72.1 Å². The third kappa shape index (κ3) is 5.06. The van der Waals surface area contributed by atoms with Crippen LogP contribution in [0.2, 0.25) is 0 Å². The predicted octanol–water partition coefficient (Wildman–Crippen LogP) is 3.94. The Kier molecular flexibility index (Phi) is 6.41. The number of anilines is 1. The number of hydrogen-bond acceptors (Lipinski definition) is 5. The summed E-state index contributed by atoms with van der Waals surface area (Å²) in [5, 5.41) is 4.86. The number of nitrogens with zero attached hydrogens (tertiary/aromatic N) is 2. The monoisotopic (exact) mass is 421 g/mol. The molecule has 30 heavy (non-hydrogen) atoms. The molecule has 1 aliphatic rings. The quantitative estimate of drug-likeness (QED) is 0.655. The van der Waals surface area contributed by atoms with Crippen molar-refractivity contribution in [2.24, 2.45) is 0 Å². The van der Waals surface area contributed by atoms with E-state index in [4.69, 9.17) is 4.74 Å². The summed E-state index contributed by atoms with van der Waals surface area (Å²) in [7, 11) is 0. The molecule has 0 unspecified atom stereocenters. The largest absolute Gasteiger partial charge is 0.455 e. The molecule has 2 heterocycles. The molecule has 2 aromatic carbocycles. The molecule has 1 aromatic heterocycles. The van der Waals surface area contributed by atoms with Crippen molar-refractivity contribution < 1.29 is 14.3 Å². The lowest BCUT2D eigenvalue weighted by Crippen LogP contribution is -2.50.